The smallest absolute Gasteiger partial charge is 0.234 e. The number of hydrogen-bond acceptors (Lipinski definition) is 5. The van der Waals surface area contributed by atoms with Gasteiger partial charge in [0.25, 0.3) is 0 Å². The van der Waals surface area contributed by atoms with Crippen molar-refractivity contribution in [2.24, 2.45) is 0 Å². The zero-order valence-corrected chi connectivity index (χ0v) is 15.3. The Hall–Kier alpha value is -1.90. The molecule has 1 aromatic heterocycles. The first kappa shape index (κ1) is 16.9. The van der Waals surface area contributed by atoms with Crippen LogP contribution in [0.25, 0.3) is 5.69 Å². The van der Waals surface area contributed by atoms with Gasteiger partial charge in [0.15, 0.2) is 0 Å². The Morgan fingerprint density at radius 3 is 2.79 bits per heavy atom. The molecule has 3 aromatic rings. The summed E-state index contributed by atoms with van der Waals surface area (Å²) in [5.74, 6) is 0.0243. The van der Waals surface area contributed by atoms with Crippen LogP contribution in [0.2, 0.25) is 5.02 Å². The lowest BCUT2D eigenvalue weighted by atomic mass is 10.3. The third-order valence-electron chi connectivity index (χ3n) is 2.95. The number of carbonyl (C=O) groups is 1. The third kappa shape index (κ3) is 4.34. The van der Waals surface area contributed by atoms with Crippen molar-refractivity contribution < 1.29 is 4.79 Å². The molecule has 0 atom stereocenters. The van der Waals surface area contributed by atoms with Gasteiger partial charge >= 0.3 is 0 Å². The number of thioether (sulfide) groups is 1. The van der Waals surface area contributed by atoms with Crippen LogP contribution in [0.1, 0.15) is 0 Å². The van der Waals surface area contributed by atoms with Crippen LogP contribution in [0.5, 0.6) is 0 Å². The van der Waals surface area contributed by atoms with E-state index in [4.69, 9.17) is 11.6 Å². The minimum absolute atomic E-state index is 0.160. The summed E-state index contributed by atoms with van der Waals surface area (Å²) < 4.78 is 2.55. The van der Waals surface area contributed by atoms with Crippen LogP contribution in [0.4, 0.5) is 5.69 Å². The molecule has 0 aliphatic rings. The van der Waals surface area contributed by atoms with Crippen molar-refractivity contribution in [3.8, 4) is 5.69 Å². The first-order valence-electron chi connectivity index (χ1n) is 6.84. The van der Waals surface area contributed by atoms with Gasteiger partial charge in [0.05, 0.1) is 11.4 Å². The SMILES string of the molecule is O=C(CSc1nnnn1-c1ccc(Br)cc1)Nc1cccc(Cl)c1. The fourth-order valence-electron chi connectivity index (χ4n) is 1.91. The van der Waals surface area contributed by atoms with Crippen molar-refractivity contribution in [2.75, 3.05) is 11.1 Å². The van der Waals surface area contributed by atoms with Crippen LogP contribution >= 0.6 is 39.3 Å². The Bertz CT molecular complexity index is 855. The third-order valence-corrected chi connectivity index (χ3v) is 4.64. The van der Waals surface area contributed by atoms with Crippen molar-refractivity contribution in [1.82, 2.24) is 20.2 Å². The van der Waals surface area contributed by atoms with E-state index in [0.29, 0.717) is 15.9 Å². The maximum atomic E-state index is 12.1. The molecule has 3 rings (SSSR count). The summed E-state index contributed by atoms with van der Waals surface area (Å²) in [5, 5.41) is 15.5. The molecule has 0 radical (unpaired) electrons. The Morgan fingerprint density at radius 1 is 1.25 bits per heavy atom. The van der Waals surface area contributed by atoms with Crippen molar-refractivity contribution in [2.45, 2.75) is 5.16 Å². The Balaban J connectivity index is 1.64. The normalized spacial score (nSPS) is 10.6. The lowest BCUT2D eigenvalue weighted by Gasteiger charge is -2.06. The molecule has 1 amide bonds. The number of anilines is 1. The molecular formula is C15H11BrClN5OS. The maximum absolute atomic E-state index is 12.1. The molecule has 9 heteroatoms. The van der Waals surface area contributed by atoms with Crippen molar-refractivity contribution in [1.29, 1.82) is 0 Å². The van der Waals surface area contributed by atoms with Crippen LogP contribution in [0.15, 0.2) is 58.2 Å². The molecule has 0 aliphatic carbocycles. The predicted octanol–water partition coefficient (Wildman–Crippen LogP) is 3.81. The van der Waals surface area contributed by atoms with Gasteiger partial charge in [-0.15, -0.1) is 5.10 Å². The van der Waals surface area contributed by atoms with Crippen molar-refractivity contribution in [3.05, 3.63) is 58.0 Å². The van der Waals surface area contributed by atoms with E-state index < -0.39 is 0 Å². The van der Waals surface area contributed by atoms with E-state index in [2.05, 4.69) is 36.8 Å². The summed E-state index contributed by atoms with van der Waals surface area (Å²) in [7, 11) is 0. The number of nitrogens with zero attached hydrogens (tertiary/aromatic N) is 4. The second-order valence-corrected chi connectivity index (χ2v) is 6.99. The Morgan fingerprint density at radius 2 is 2.04 bits per heavy atom. The zero-order valence-electron chi connectivity index (χ0n) is 12.2. The lowest BCUT2D eigenvalue weighted by Crippen LogP contribution is -2.14. The highest BCUT2D eigenvalue weighted by Gasteiger charge is 2.11. The quantitative estimate of drug-likeness (QED) is 0.631. The van der Waals surface area contributed by atoms with E-state index in [9.17, 15) is 4.79 Å². The molecule has 0 aliphatic heterocycles. The van der Waals surface area contributed by atoms with Gasteiger partial charge in [-0.25, -0.2) is 0 Å². The Labute approximate surface area is 155 Å². The largest absolute Gasteiger partial charge is 0.325 e. The number of hydrogen-bond donors (Lipinski definition) is 1. The average molecular weight is 425 g/mol. The van der Waals surface area contributed by atoms with Gasteiger partial charge in [-0.2, -0.15) is 4.68 Å². The van der Waals surface area contributed by atoms with E-state index in [1.807, 2.05) is 24.3 Å². The molecule has 122 valence electrons. The van der Waals surface area contributed by atoms with E-state index in [1.165, 1.54) is 11.8 Å². The molecule has 0 unspecified atom stereocenters. The summed E-state index contributed by atoms with van der Waals surface area (Å²) in [6.07, 6.45) is 0. The van der Waals surface area contributed by atoms with Gasteiger partial charge in [0.2, 0.25) is 11.1 Å². The summed E-state index contributed by atoms with van der Waals surface area (Å²) in [6, 6.07) is 14.6. The monoisotopic (exact) mass is 423 g/mol. The van der Waals surface area contributed by atoms with Gasteiger partial charge in [0.1, 0.15) is 0 Å². The summed E-state index contributed by atoms with van der Waals surface area (Å²) in [4.78, 5) is 12.1. The van der Waals surface area contributed by atoms with Gasteiger partial charge < -0.3 is 5.32 Å². The molecule has 6 nitrogen and oxygen atoms in total. The second kappa shape index (κ2) is 7.78. The number of rotatable bonds is 5. The highest BCUT2D eigenvalue weighted by molar-refractivity contribution is 9.10. The van der Waals surface area contributed by atoms with E-state index in [1.54, 1.807) is 28.9 Å². The molecule has 0 saturated heterocycles. The minimum atomic E-state index is -0.160. The molecule has 1 N–H and O–H groups in total. The number of nitrogens with one attached hydrogen (secondary N) is 1. The molecule has 0 bridgehead atoms. The fraction of sp³-hybridized carbons (Fsp3) is 0.0667. The standard InChI is InChI=1S/C15H11BrClN5OS/c16-10-4-6-13(7-5-10)22-15(19-20-21-22)24-9-14(23)18-12-3-1-2-11(17)8-12/h1-8H,9H2,(H,18,23). The minimum Gasteiger partial charge on any atom is -0.325 e. The molecule has 0 saturated carbocycles. The van der Waals surface area contributed by atoms with Gasteiger partial charge in [-0.1, -0.05) is 45.4 Å². The summed E-state index contributed by atoms with van der Waals surface area (Å²) >= 11 is 10.5. The molecule has 1 heterocycles. The highest BCUT2D eigenvalue weighted by Crippen LogP contribution is 2.20. The fourth-order valence-corrected chi connectivity index (χ4v) is 3.05. The van der Waals surface area contributed by atoms with Crippen LogP contribution in [-0.2, 0) is 4.79 Å². The second-order valence-electron chi connectivity index (χ2n) is 4.70. The molecule has 0 fully saturated rings. The average Bonchev–Trinajstić information content (AvgIpc) is 3.02. The van der Waals surface area contributed by atoms with Gasteiger partial charge in [0, 0.05) is 15.2 Å². The molecule has 2 aromatic carbocycles. The predicted molar refractivity (Wildman–Crippen MR) is 97.7 cm³/mol. The van der Waals surface area contributed by atoms with Gasteiger partial charge in [-0.3, -0.25) is 4.79 Å². The molecular weight excluding hydrogens is 414 g/mol. The number of carbonyl (C=O) groups excluding carboxylic acids is 1. The van der Waals surface area contributed by atoms with E-state index in [0.717, 1.165) is 10.2 Å². The highest BCUT2D eigenvalue weighted by atomic mass is 79.9. The van der Waals surface area contributed by atoms with Crippen LogP contribution in [-0.4, -0.2) is 31.9 Å². The summed E-state index contributed by atoms with van der Waals surface area (Å²) in [6.45, 7) is 0. The number of tetrazole rings is 1. The first-order chi connectivity index (χ1) is 11.6. The first-order valence-corrected chi connectivity index (χ1v) is 9.00. The number of halogens is 2. The zero-order chi connectivity index (χ0) is 16.9. The Kier molecular flexibility index (Phi) is 5.49. The number of amides is 1. The molecule has 24 heavy (non-hydrogen) atoms. The van der Waals surface area contributed by atoms with E-state index >= 15 is 0 Å². The number of aromatic nitrogens is 4. The van der Waals surface area contributed by atoms with Crippen LogP contribution in [0, 0.1) is 0 Å². The van der Waals surface area contributed by atoms with Crippen molar-refractivity contribution >= 4 is 50.9 Å². The number of benzene rings is 2. The van der Waals surface area contributed by atoms with Gasteiger partial charge in [-0.05, 0) is 52.9 Å². The molecule has 0 spiro atoms. The van der Waals surface area contributed by atoms with Crippen LogP contribution < -0.4 is 5.32 Å². The van der Waals surface area contributed by atoms with Crippen LogP contribution in [0.3, 0.4) is 0 Å². The van der Waals surface area contributed by atoms with E-state index in [-0.39, 0.29) is 11.7 Å². The van der Waals surface area contributed by atoms with Crippen molar-refractivity contribution in [3.63, 3.8) is 0 Å². The maximum Gasteiger partial charge on any atom is 0.234 e. The lowest BCUT2D eigenvalue weighted by molar-refractivity contribution is -0.113. The topological polar surface area (TPSA) is 72.7 Å². The summed E-state index contributed by atoms with van der Waals surface area (Å²) in [5.41, 5.74) is 1.47.